The molecule has 0 fully saturated rings. The van der Waals surface area contributed by atoms with Crippen LogP contribution in [0.3, 0.4) is 0 Å². The summed E-state index contributed by atoms with van der Waals surface area (Å²) in [5.74, 6) is 1.09. The smallest absolute Gasteiger partial charge is 0.266 e. The van der Waals surface area contributed by atoms with Crippen molar-refractivity contribution in [2.24, 2.45) is 0 Å². The fourth-order valence-corrected chi connectivity index (χ4v) is 3.81. The average Bonchev–Trinajstić information content (AvgIpc) is 3.16. The Kier molecular flexibility index (Phi) is 4.17. The van der Waals surface area contributed by atoms with Crippen molar-refractivity contribution in [3.63, 3.8) is 0 Å². The molecule has 0 amide bonds. The number of aromatic nitrogens is 3. The zero-order chi connectivity index (χ0) is 18.3. The lowest BCUT2D eigenvalue weighted by molar-refractivity contribution is 0.866. The average molecular weight is 361 g/mol. The third-order valence-electron chi connectivity index (χ3n) is 4.47. The number of aryl methyl sites for hydroxylation is 1. The molecule has 130 valence electrons. The fourth-order valence-electron chi connectivity index (χ4n) is 2.90. The Morgan fingerprint density at radius 1 is 1.08 bits per heavy atom. The van der Waals surface area contributed by atoms with Crippen molar-refractivity contribution < 1.29 is 0 Å². The molecule has 0 saturated heterocycles. The summed E-state index contributed by atoms with van der Waals surface area (Å²) >= 11 is 1.37. The highest BCUT2D eigenvalue weighted by Crippen LogP contribution is 2.20. The Hall–Kier alpha value is -2.79. The molecule has 0 radical (unpaired) electrons. The van der Waals surface area contributed by atoms with Gasteiger partial charge >= 0.3 is 0 Å². The number of hydrogen-bond acceptors (Lipinski definition) is 4. The summed E-state index contributed by atoms with van der Waals surface area (Å²) in [4.78, 5) is 17.9. The van der Waals surface area contributed by atoms with Crippen molar-refractivity contribution in [3.8, 4) is 11.4 Å². The maximum atomic E-state index is 12.7. The molecule has 4 rings (SSSR count). The second-order valence-corrected chi connectivity index (χ2v) is 7.69. The van der Waals surface area contributed by atoms with E-state index in [4.69, 9.17) is 0 Å². The Labute approximate surface area is 155 Å². The van der Waals surface area contributed by atoms with Crippen LogP contribution in [-0.4, -0.2) is 14.6 Å². The number of nitrogens with zero attached hydrogens (tertiary/aromatic N) is 3. The second-order valence-electron chi connectivity index (χ2n) is 6.68. The van der Waals surface area contributed by atoms with Gasteiger partial charge in [0.1, 0.15) is 0 Å². The van der Waals surface area contributed by atoms with Crippen LogP contribution < -0.4 is 10.1 Å². The molecular formula is C21H19N3OS. The van der Waals surface area contributed by atoms with Crippen molar-refractivity contribution in [2.45, 2.75) is 26.7 Å². The van der Waals surface area contributed by atoms with E-state index in [1.807, 2.05) is 49.4 Å². The lowest BCUT2D eigenvalue weighted by atomic mass is 10.0. The summed E-state index contributed by atoms with van der Waals surface area (Å²) in [6, 6.07) is 16.2. The van der Waals surface area contributed by atoms with Gasteiger partial charge in [0.25, 0.3) is 5.56 Å². The molecule has 0 spiro atoms. The number of benzene rings is 2. The van der Waals surface area contributed by atoms with Gasteiger partial charge in [-0.1, -0.05) is 73.7 Å². The molecule has 26 heavy (non-hydrogen) atoms. The van der Waals surface area contributed by atoms with Crippen molar-refractivity contribution in [1.82, 2.24) is 14.6 Å². The molecular weight excluding hydrogens is 342 g/mol. The first-order valence-corrected chi connectivity index (χ1v) is 9.42. The van der Waals surface area contributed by atoms with Gasteiger partial charge in [-0.3, -0.25) is 4.79 Å². The first kappa shape index (κ1) is 16.7. The van der Waals surface area contributed by atoms with E-state index in [1.54, 1.807) is 0 Å². The standard InChI is InChI=1S/C21H19N3OS/c1-13(2)16-10-8-15(9-11-16)12-18-20(25)24-21(26-18)22-19(23-24)17-7-5-4-6-14(17)3/h4-13H,1-3H3/b18-12+. The molecule has 0 atom stereocenters. The van der Waals surface area contributed by atoms with Gasteiger partial charge in [0.05, 0.1) is 4.53 Å². The summed E-state index contributed by atoms with van der Waals surface area (Å²) in [6.07, 6.45) is 1.90. The van der Waals surface area contributed by atoms with Crippen LogP contribution in [0.15, 0.2) is 53.3 Å². The maximum absolute atomic E-state index is 12.7. The Bertz CT molecular complexity index is 1190. The molecule has 0 bridgehead atoms. The molecule has 0 unspecified atom stereocenters. The van der Waals surface area contributed by atoms with E-state index in [2.05, 4.69) is 36.1 Å². The third-order valence-corrected chi connectivity index (χ3v) is 5.43. The van der Waals surface area contributed by atoms with Gasteiger partial charge in [0, 0.05) is 5.56 Å². The van der Waals surface area contributed by atoms with E-state index in [-0.39, 0.29) is 5.56 Å². The van der Waals surface area contributed by atoms with E-state index < -0.39 is 0 Å². The van der Waals surface area contributed by atoms with Crippen molar-refractivity contribution in [1.29, 1.82) is 0 Å². The first-order chi connectivity index (χ1) is 12.5. The highest BCUT2D eigenvalue weighted by Gasteiger charge is 2.13. The van der Waals surface area contributed by atoms with Gasteiger partial charge in [-0.15, -0.1) is 5.10 Å². The lowest BCUT2D eigenvalue weighted by Crippen LogP contribution is -2.23. The van der Waals surface area contributed by atoms with E-state index in [0.717, 1.165) is 16.7 Å². The van der Waals surface area contributed by atoms with E-state index >= 15 is 0 Å². The molecule has 0 aliphatic carbocycles. The van der Waals surface area contributed by atoms with Crippen molar-refractivity contribution in [3.05, 3.63) is 80.1 Å². The van der Waals surface area contributed by atoms with Crippen molar-refractivity contribution >= 4 is 22.4 Å². The molecule has 2 aromatic heterocycles. The molecule has 0 N–H and O–H groups in total. The van der Waals surface area contributed by atoms with Crippen molar-refractivity contribution in [2.75, 3.05) is 0 Å². The summed E-state index contributed by atoms with van der Waals surface area (Å²) < 4.78 is 2.05. The minimum atomic E-state index is -0.120. The molecule has 4 nitrogen and oxygen atoms in total. The first-order valence-electron chi connectivity index (χ1n) is 8.60. The van der Waals surface area contributed by atoms with Crippen LogP contribution in [0.1, 0.15) is 36.5 Å². The van der Waals surface area contributed by atoms with Crippen LogP contribution in [0.25, 0.3) is 22.4 Å². The van der Waals surface area contributed by atoms with Gasteiger partial charge in [-0.25, -0.2) is 0 Å². The largest absolute Gasteiger partial charge is 0.291 e. The predicted octanol–water partition coefficient (Wildman–Crippen LogP) is 3.80. The van der Waals surface area contributed by atoms with Crippen LogP contribution in [0.4, 0.5) is 0 Å². The van der Waals surface area contributed by atoms with Gasteiger partial charge in [-0.05, 0) is 35.6 Å². The van der Waals surface area contributed by atoms with E-state index in [1.165, 1.54) is 21.4 Å². The monoisotopic (exact) mass is 361 g/mol. The maximum Gasteiger partial charge on any atom is 0.291 e. The highest BCUT2D eigenvalue weighted by molar-refractivity contribution is 7.15. The zero-order valence-corrected chi connectivity index (χ0v) is 15.7. The third kappa shape index (κ3) is 2.95. The molecule has 0 aliphatic heterocycles. The minimum Gasteiger partial charge on any atom is -0.266 e. The van der Waals surface area contributed by atoms with Gasteiger partial charge < -0.3 is 0 Å². The van der Waals surface area contributed by atoms with Crippen LogP contribution in [0, 0.1) is 6.92 Å². The van der Waals surface area contributed by atoms with Gasteiger partial charge in [-0.2, -0.15) is 9.50 Å². The lowest BCUT2D eigenvalue weighted by Gasteiger charge is -2.04. The molecule has 5 heteroatoms. The normalized spacial score (nSPS) is 12.4. The Balaban J connectivity index is 1.76. The summed E-state index contributed by atoms with van der Waals surface area (Å²) in [5, 5.41) is 4.43. The Morgan fingerprint density at radius 3 is 2.46 bits per heavy atom. The summed E-state index contributed by atoms with van der Waals surface area (Å²) in [5.41, 5.74) is 4.23. The van der Waals surface area contributed by atoms with Gasteiger partial charge in [0.15, 0.2) is 5.82 Å². The van der Waals surface area contributed by atoms with Crippen LogP contribution >= 0.6 is 11.3 Å². The topological polar surface area (TPSA) is 47.3 Å². The molecule has 2 heterocycles. The summed E-state index contributed by atoms with van der Waals surface area (Å²) in [7, 11) is 0. The molecule has 0 aliphatic rings. The highest BCUT2D eigenvalue weighted by atomic mass is 32.1. The quantitative estimate of drug-likeness (QED) is 0.558. The molecule has 0 saturated carbocycles. The fraction of sp³-hybridized carbons (Fsp3) is 0.190. The Morgan fingerprint density at radius 2 is 1.81 bits per heavy atom. The predicted molar refractivity (Wildman–Crippen MR) is 107 cm³/mol. The van der Waals surface area contributed by atoms with E-state index in [0.29, 0.717) is 21.2 Å². The van der Waals surface area contributed by atoms with Crippen LogP contribution in [0.5, 0.6) is 0 Å². The zero-order valence-electron chi connectivity index (χ0n) is 14.9. The van der Waals surface area contributed by atoms with Gasteiger partial charge in [0.2, 0.25) is 4.96 Å². The van der Waals surface area contributed by atoms with Crippen LogP contribution in [-0.2, 0) is 0 Å². The van der Waals surface area contributed by atoms with E-state index in [9.17, 15) is 4.79 Å². The summed E-state index contributed by atoms with van der Waals surface area (Å²) in [6.45, 7) is 6.35. The number of thiazole rings is 1. The van der Waals surface area contributed by atoms with Crippen LogP contribution in [0.2, 0.25) is 0 Å². The SMILES string of the molecule is Cc1ccccc1-c1nc2s/c(=C/c3ccc(C(C)C)cc3)c(=O)n2n1. The number of fused-ring (bicyclic) bond motifs is 1. The minimum absolute atomic E-state index is 0.120. The number of hydrogen-bond donors (Lipinski definition) is 0. The second kappa shape index (κ2) is 6.50. The molecule has 4 aromatic rings. The number of rotatable bonds is 3. The molecule has 2 aromatic carbocycles.